The van der Waals surface area contributed by atoms with Crippen molar-refractivity contribution in [1.29, 1.82) is 0 Å². The molecule has 2 aromatic rings. The van der Waals surface area contributed by atoms with E-state index in [1.807, 2.05) is 42.5 Å². The summed E-state index contributed by atoms with van der Waals surface area (Å²) in [5.74, 6) is -0.984. The molecule has 1 N–H and O–H groups in total. The number of carbonyl (C=O) groups is 1. The van der Waals surface area contributed by atoms with Crippen molar-refractivity contribution in [2.24, 2.45) is 0 Å². The third-order valence-electron chi connectivity index (χ3n) is 4.02. The van der Waals surface area contributed by atoms with Gasteiger partial charge in [-0.15, -0.1) is 0 Å². The van der Waals surface area contributed by atoms with Crippen LogP contribution in [0.25, 0.3) is 0 Å². The molecule has 0 amide bonds. The summed E-state index contributed by atoms with van der Waals surface area (Å²) in [6, 6.07) is 18.2. The summed E-state index contributed by atoms with van der Waals surface area (Å²) < 4.78 is 0. The molecule has 1 aliphatic heterocycles. The van der Waals surface area contributed by atoms with Gasteiger partial charge in [0.1, 0.15) is 19.1 Å². The fourth-order valence-electron chi connectivity index (χ4n) is 3.05. The molecule has 3 nitrogen and oxygen atoms in total. The van der Waals surface area contributed by atoms with Gasteiger partial charge in [-0.2, -0.15) is 0 Å². The summed E-state index contributed by atoms with van der Waals surface area (Å²) in [4.78, 5) is 12.4. The third-order valence-corrected chi connectivity index (χ3v) is 4.02. The van der Waals surface area contributed by atoms with Crippen molar-refractivity contribution in [3.05, 3.63) is 71.3 Å². The summed E-state index contributed by atoms with van der Waals surface area (Å²) in [6.45, 7) is 1.76. The van der Waals surface area contributed by atoms with Crippen LogP contribution in [-0.2, 0) is 17.9 Å². The van der Waals surface area contributed by atoms with Crippen LogP contribution in [-0.4, -0.2) is 5.97 Å². The maximum atomic E-state index is 11.1. The molecule has 0 unspecified atom stereocenters. The van der Waals surface area contributed by atoms with Crippen LogP contribution in [0.3, 0.4) is 0 Å². The Hall–Kier alpha value is -2.13. The van der Waals surface area contributed by atoms with Crippen molar-refractivity contribution >= 4 is 5.97 Å². The van der Waals surface area contributed by atoms with E-state index >= 15 is 0 Å². The van der Waals surface area contributed by atoms with E-state index in [0.717, 1.165) is 18.7 Å². The van der Waals surface area contributed by atoms with Gasteiger partial charge in [0, 0.05) is 29.1 Å². The van der Waals surface area contributed by atoms with E-state index in [1.165, 1.54) is 16.0 Å². The third kappa shape index (κ3) is 2.58. The smallest absolute Gasteiger partial charge is 0.119 e. The number of benzene rings is 2. The van der Waals surface area contributed by atoms with E-state index in [0.29, 0.717) is 0 Å². The lowest BCUT2D eigenvalue weighted by atomic mass is 10.0. The Morgan fingerprint density at radius 1 is 1.00 bits per heavy atom. The zero-order chi connectivity index (χ0) is 13.9. The van der Waals surface area contributed by atoms with E-state index < -0.39 is 5.97 Å². The molecule has 20 heavy (non-hydrogen) atoms. The van der Waals surface area contributed by atoms with Gasteiger partial charge in [-0.05, 0) is 0 Å². The van der Waals surface area contributed by atoms with Gasteiger partial charge in [-0.25, -0.2) is 0 Å². The Balaban J connectivity index is 1.87. The second-order valence-electron chi connectivity index (χ2n) is 5.32. The highest BCUT2D eigenvalue weighted by Gasteiger charge is 2.30. The number of hydrogen-bond donors (Lipinski definition) is 1. The Morgan fingerprint density at radius 3 is 2.10 bits per heavy atom. The number of rotatable bonds is 4. The number of carbonyl (C=O) groups excluding carboxylic acids is 1. The first-order valence-corrected chi connectivity index (χ1v) is 6.90. The minimum absolute atomic E-state index is 0.0476. The SMILES string of the molecule is O=C([O-])C[C@H](c1ccccc1)[NH+]1Cc2ccccc2C1. The largest absolute Gasteiger partial charge is 0.550 e. The van der Waals surface area contributed by atoms with Crippen molar-refractivity contribution in [2.45, 2.75) is 25.6 Å². The molecule has 0 aliphatic carbocycles. The summed E-state index contributed by atoms with van der Waals surface area (Å²) in [7, 11) is 0. The van der Waals surface area contributed by atoms with Crippen LogP contribution in [0.1, 0.15) is 29.2 Å². The molecule has 0 bridgehead atoms. The molecule has 1 atom stereocenters. The Morgan fingerprint density at radius 2 is 1.55 bits per heavy atom. The zero-order valence-electron chi connectivity index (χ0n) is 11.2. The highest BCUT2D eigenvalue weighted by molar-refractivity contribution is 5.65. The number of hydrogen-bond acceptors (Lipinski definition) is 2. The fourth-order valence-corrected chi connectivity index (χ4v) is 3.05. The molecule has 0 fully saturated rings. The molecule has 3 heteroatoms. The minimum atomic E-state index is -0.984. The average Bonchev–Trinajstić information content (AvgIpc) is 2.89. The van der Waals surface area contributed by atoms with Gasteiger partial charge in [0.05, 0.1) is 0 Å². The molecule has 102 valence electrons. The minimum Gasteiger partial charge on any atom is -0.550 e. The number of aliphatic carboxylic acids is 1. The second kappa shape index (κ2) is 5.47. The summed E-state index contributed by atoms with van der Waals surface area (Å²) in [5.41, 5.74) is 3.71. The van der Waals surface area contributed by atoms with E-state index in [9.17, 15) is 9.90 Å². The van der Waals surface area contributed by atoms with Gasteiger partial charge >= 0.3 is 0 Å². The first-order chi connectivity index (χ1) is 9.74. The van der Waals surface area contributed by atoms with E-state index in [2.05, 4.69) is 12.1 Å². The van der Waals surface area contributed by atoms with Crippen LogP contribution >= 0.6 is 0 Å². The van der Waals surface area contributed by atoms with E-state index in [1.54, 1.807) is 0 Å². The zero-order valence-corrected chi connectivity index (χ0v) is 11.2. The Bertz CT molecular complexity index is 584. The van der Waals surface area contributed by atoms with Crippen LogP contribution in [0.5, 0.6) is 0 Å². The van der Waals surface area contributed by atoms with E-state index in [-0.39, 0.29) is 12.5 Å². The summed E-state index contributed by atoms with van der Waals surface area (Å²) >= 11 is 0. The highest BCUT2D eigenvalue weighted by atomic mass is 16.4. The van der Waals surface area contributed by atoms with Crippen molar-refractivity contribution in [2.75, 3.05) is 0 Å². The van der Waals surface area contributed by atoms with Gasteiger partial charge in [-0.1, -0.05) is 54.6 Å². The number of nitrogens with one attached hydrogen (secondary N) is 1. The van der Waals surface area contributed by atoms with Gasteiger partial charge in [-0.3, -0.25) is 0 Å². The van der Waals surface area contributed by atoms with Crippen LogP contribution in [0, 0.1) is 0 Å². The van der Waals surface area contributed by atoms with Crippen LogP contribution in [0.15, 0.2) is 54.6 Å². The predicted molar refractivity (Wildman–Crippen MR) is 73.6 cm³/mol. The average molecular weight is 267 g/mol. The van der Waals surface area contributed by atoms with Gasteiger partial charge in [0.25, 0.3) is 0 Å². The van der Waals surface area contributed by atoms with Crippen molar-refractivity contribution in [3.63, 3.8) is 0 Å². The molecule has 1 aliphatic rings. The lowest BCUT2D eigenvalue weighted by Gasteiger charge is -2.25. The molecule has 3 rings (SSSR count). The number of carboxylic acid groups (broad SMARTS) is 1. The summed E-state index contributed by atoms with van der Waals surface area (Å²) in [5, 5.41) is 11.1. The normalized spacial score (nSPS) is 15.8. The molecule has 1 heterocycles. The fraction of sp³-hybridized carbons (Fsp3) is 0.235. The number of carboxylic acids is 1. The van der Waals surface area contributed by atoms with Gasteiger partial charge in [0.2, 0.25) is 0 Å². The van der Waals surface area contributed by atoms with Crippen LogP contribution in [0.4, 0.5) is 0 Å². The molecule has 0 aromatic heterocycles. The predicted octanol–water partition coefficient (Wildman–Crippen LogP) is 0.466. The van der Waals surface area contributed by atoms with Crippen molar-refractivity contribution < 1.29 is 14.8 Å². The molecule has 0 saturated heterocycles. The Labute approximate surface area is 118 Å². The Kier molecular flexibility index (Phi) is 3.52. The second-order valence-corrected chi connectivity index (χ2v) is 5.32. The van der Waals surface area contributed by atoms with Crippen molar-refractivity contribution in [1.82, 2.24) is 0 Å². The topological polar surface area (TPSA) is 44.6 Å². The van der Waals surface area contributed by atoms with Gasteiger partial charge in [0.15, 0.2) is 0 Å². The monoisotopic (exact) mass is 267 g/mol. The molecular weight excluding hydrogens is 250 g/mol. The van der Waals surface area contributed by atoms with Gasteiger partial charge < -0.3 is 14.8 Å². The van der Waals surface area contributed by atoms with E-state index in [4.69, 9.17) is 0 Å². The standard InChI is InChI=1S/C17H17NO2/c19-17(20)10-16(13-6-2-1-3-7-13)18-11-14-8-4-5-9-15(14)12-18/h1-9,16H,10-12H2,(H,19,20)/t16-/m1/s1. The lowest BCUT2D eigenvalue weighted by Crippen LogP contribution is -3.08. The summed E-state index contributed by atoms with van der Waals surface area (Å²) in [6.07, 6.45) is 0.0628. The maximum Gasteiger partial charge on any atom is 0.119 e. The maximum absolute atomic E-state index is 11.1. The quantitative estimate of drug-likeness (QED) is 0.875. The number of fused-ring (bicyclic) bond motifs is 1. The number of quaternary nitrogens is 1. The molecule has 0 spiro atoms. The molecular formula is C17H17NO2. The molecule has 2 aromatic carbocycles. The van der Waals surface area contributed by atoms with Crippen molar-refractivity contribution in [3.8, 4) is 0 Å². The highest BCUT2D eigenvalue weighted by Crippen LogP contribution is 2.18. The van der Waals surface area contributed by atoms with Crippen LogP contribution in [0.2, 0.25) is 0 Å². The van der Waals surface area contributed by atoms with Crippen LogP contribution < -0.4 is 10.0 Å². The first kappa shape index (κ1) is 12.9. The first-order valence-electron chi connectivity index (χ1n) is 6.90. The lowest BCUT2D eigenvalue weighted by molar-refractivity contribution is -0.951. The molecule has 0 radical (unpaired) electrons. The molecule has 0 saturated carbocycles.